The molecule has 0 aromatic rings. The fraction of sp³-hybridized carbons (Fsp3) is 0.900. The SMILES string of the molecule is CCOC(=O)[C@@H]1C[C@@H](CC)CN1C. The van der Waals surface area contributed by atoms with Gasteiger partial charge in [-0.1, -0.05) is 13.3 Å². The minimum absolute atomic E-state index is 0.00454. The summed E-state index contributed by atoms with van der Waals surface area (Å²) in [6.45, 7) is 5.54. The van der Waals surface area contributed by atoms with E-state index in [0.717, 1.165) is 19.4 Å². The van der Waals surface area contributed by atoms with Crippen LogP contribution in [0.5, 0.6) is 0 Å². The molecule has 76 valence electrons. The van der Waals surface area contributed by atoms with Gasteiger partial charge in [-0.15, -0.1) is 0 Å². The predicted molar refractivity (Wildman–Crippen MR) is 51.4 cm³/mol. The Balaban J connectivity index is 2.46. The van der Waals surface area contributed by atoms with Crippen molar-refractivity contribution >= 4 is 5.97 Å². The lowest BCUT2D eigenvalue weighted by Gasteiger charge is -2.16. The van der Waals surface area contributed by atoms with E-state index in [1.807, 2.05) is 14.0 Å². The molecule has 0 aromatic heterocycles. The van der Waals surface area contributed by atoms with E-state index in [1.54, 1.807) is 0 Å². The van der Waals surface area contributed by atoms with Crippen LogP contribution in [0.4, 0.5) is 0 Å². The first-order valence-corrected chi connectivity index (χ1v) is 5.05. The van der Waals surface area contributed by atoms with Crippen LogP contribution in [-0.2, 0) is 9.53 Å². The van der Waals surface area contributed by atoms with Crippen LogP contribution in [0.1, 0.15) is 26.7 Å². The van der Waals surface area contributed by atoms with Gasteiger partial charge in [-0.05, 0) is 26.3 Å². The lowest BCUT2D eigenvalue weighted by molar-refractivity contribution is -0.147. The summed E-state index contributed by atoms with van der Waals surface area (Å²) in [6, 6.07) is 0.00454. The van der Waals surface area contributed by atoms with Crippen LogP contribution in [0, 0.1) is 5.92 Å². The van der Waals surface area contributed by atoms with Gasteiger partial charge in [0.2, 0.25) is 0 Å². The van der Waals surface area contributed by atoms with E-state index in [-0.39, 0.29) is 12.0 Å². The molecule has 0 N–H and O–H groups in total. The highest BCUT2D eigenvalue weighted by atomic mass is 16.5. The first-order chi connectivity index (χ1) is 6.19. The summed E-state index contributed by atoms with van der Waals surface area (Å²) < 4.78 is 5.01. The largest absolute Gasteiger partial charge is 0.465 e. The van der Waals surface area contributed by atoms with Gasteiger partial charge >= 0.3 is 5.97 Å². The number of likely N-dealkylation sites (tertiary alicyclic amines) is 1. The molecule has 0 radical (unpaired) electrons. The van der Waals surface area contributed by atoms with E-state index in [9.17, 15) is 4.79 Å². The molecule has 0 bridgehead atoms. The average molecular weight is 185 g/mol. The Kier molecular flexibility index (Phi) is 3.72. The molecule has 1 fully saturated rings. The Hall–Kier alpha value is -0.570. The number of hydrogen-bond donors (Lipinski definition) is 0. The molecular weight excluding hydrogens is 166 g/mol. The van der Waals surface area contributed by atoms with Crippen LogP contribution >= 0.6 is 0 Å². The highest BCUT2D eigenvalue weighted by Crippen LogP contribution is 2.24. The van der Waals surface area contributed by atoms with Crippen molar-refractivity contribution in [3.63, 3.8) is 0 Å². The van der Waals surface area contributed by atoms with Crippen LogP contribution in [0.2, 0.25) is 0 Å². The number of carbonyl (C=O) groups excluding carboxylic acids is 1. The molecule has 13 heavy (non-hydrogen) atoms. The maximum Gasteiger partial charge on any atom is 0.323 e. The lowest BCUT2D eigenvalue weighted by atomic mass is 10.0. The standard InChI is InChI=1S/C10H19NO2/c1-4-8-6-9(11(3)7-8)10(12)13-5-2/h8-9H,4-7H2,1-3H3/t8-,9+/m1/s1. The second-order valence-electron chi connectivity index (χ2n) is 3.72. The van der Waals surface area contributed by atoms with Gasteiger partial charge < -0.3 is 4.74 Å². The van der Waals surface area contributed by atoms with Crippen LogP contribution in [0.15, 0.2) is 0 Å². The molecule has 2 atom stereocenters. The highest BCUT2D eigenvalue weighted by molar-refractivity contribution is 5.76. The number of rotatable bonds is 3. The average Bonchev–Trinajstić information content (AvgIpc) is 2.47. The third-order valence-electron chi connectivity index (χ3n) is 2.77. The molecule has 1 aliphatic rings. The third-order valence-corrected chi connectivity index (χ3v) is 2.77. The fourth-order valence-electron chi connectivity index (χ4n) is 1.92. The number of carbonyl (C=O) groups is 1. The Morgan fingerprint density at radius 1 is 1.54 bits per heavy atom. The summed E-state index contributed by atoms with van der Waals surface area (Å²) in [5.74, 6) is 0.611. The third kappa shape index (κ3) is 2.44. The minimum atomic E-state index is -0.0547. The molecule has 0 aliphatic carbocycles. The van der Waals surface area contributed by atoms with Crippen molar-refractivity contribution in [3.05, 3.63) is 0 Å². The summed E-state index contributed by atoms with van der Waals surface area (Å²) in [7, 11) is 2.00. The monoisotopic (exact) mass is 185 g/mol. The maximum atomic E-state index is 11.5. The van der Waals surface area contributed by atoms with Crippen molar-refractivity contribution in [3.8, 4) is 0 Å². The number of nitrogens with zero attached hydrogens (tertiary/aromatic N) is 1. The molecule has 3 heteroatoms. The lowest BCUT2D eigenvalue weighted by Crippen LogP contribution is -2.34. The maximum absolute atomic E-state index is 11.5. The zero-order valence-corrected chi connectivity index (χ0v) is 8.75. The molecular formula is C10H19NO2. The van der Waals surface area contributed by atoms with Crippen LogP contribution < -0.4 is 0 Å². The molecule has 1 rings (SSSR count). The first kappa shape index (κ1) is 10.5. The molecule has 1 aliphatic heterocycles. The van der Waals surface area contributed by atoms with E-state index in [2.05, 4.69) is 11.8 Å². The molecule has 0 spiro atoms. The molecule has 3 nitrogen and oxygen atoms in total. The number of hydrogen-bond acceptors (Lipinski definition) is 3. The molecule has 1 heterocycles. The van der Waals surface area contributed by atoms with Crippen molar-refractivity contribution in [1.82, 2.24) is 4.90 Å². The quantitative estimate of drug-likeness (QED) is 0.620. The summed E-state index contributed by atoms with van der Waals surface area (Å²) in [5, 5.41) is 0. The summed E-state index contributed by atoms with van der Waals surface area (Å²) >= 11 is 0. The highest BCUT2D eigenvalue weighted by Gasteiger charge is 2.34. The van der Waals surface area contributed by atoms with Crippen LogP contribution in [0.3, 0.4) is 0 Å². The normalized spacial score (nSPS) is 29.2. The molecule has 0 unspecified atom stereocenters. The minimum Gasteiger partial charge on any atom is -0.465 e. The van der Waals surface area contributed by atoms with Gasteiger partial charge in [0.1, 0.15) is 6.04 Å². The van der Waals surface area contributed by atoms with Gasteiger partial charge in [-0.25, -0.2) is 0 Å². The Bertz CT molecular complexity index is 182. The Labute approximate surface area is 80.1 Å². The van der Waals surface area contributed by atoms with Gasteiger partial charge in [-0.3, -0.25) is 9.69 Å². The second kappa shape index (κ2) is 4.61. The van der Waals surface area contributed by atoms with Gasteiger partial charge in [0.05, 0.1) is 6.61 Å². The van der Waals surface area contributed by atoms with Gasteiger partial charge in [-0.2, -0.15) is 0 Å². The van der Waals surface area contributed by atoms with Crippen molar-refractivity contribution in [2.45, 2.75) is 32.7 Å². The first-order valence-electron chi connectivity index (χ1n) is 5.05. The van der Waals surface area contributed by atoms with Crippen molar-refractivity contribution in [2.24, 2.45) is 5.92 Å². The van der Waals surface area contributed by atoms with E-state index in [0.29, 0.717) is 12.5 Å². The van der Waals surface area contributed by atoms with E-state index < -0.39 is 0 Å². The summed E-state index contributed by atoms with van der Waals surface area (Å²) in [4.78, 5) is 13.6. The number of likely N-dealkylation sites (N-methyl/N-ethyl adjacent to an activating group) is 1. The van der Waals surface area contributed by atoms with E-state index in [1.165, 1.54) is 0 Å². The summed E-state index contributed by atoms with van der Waals surface area (Å²) in [5.41, 5.74) is 0. The van der Waals surface area contributed by atoms with Crippen LogP contribution in [-0.4, -0.2) is 37.1 Å². The second-order valence-corrected chi connectivity index (χ2v) is 3.72. The number of ether oxygens (including phenoxy) is 1. The predicted octanol–water partition coefficient (Wildman–Crippen LogP) is 1.28. The molecule has 0 amide bonds. The van der Waals surface area contributed by atoms with Gasteiger partial charge in [0, 0.05) is 6.54 Å². The molecule has 1 saturated heterocycles. The fourth-order valence-corrected chi connectivity index (χ4v) is 1.92. The van der Waals surface area contributed by atoms with Gasteiger partial charge in [0.15, 0.2) is 0 Å². The molecule has 0 saturated carbocycles. The smallest absolute Gasteiger partial charge is 0.323 e. The van der Waals surface area contributed by atoms with E-state index in [4.69, 9.17) is 4.74 Å². The van der Waals surface area contributed by atoms with E-state index >= 15 is 0 Å². The van der Waals surface area contributed by atoms with Crippen molar-refractivity contribution < 1.29 is 9.53 Å². The zero-order valence-electron chi connectivity index (χ0n) is 8.75. The summed E-state index contributed by atoms with van der Waals surface area (Å²) in [6.07, 6.45) is 2.12. The topological polar surface area (TPSA) is 29.5 Å². The number of esters is 1. The molecule has 0 aromatic carbocycles. The van der Waals surface area contributed by atoms with Gasteiger partial charge in [0.25, 0.3) is 0 Å². The Morgan fingerprint density at radius 3 is 2.69 bits per heavy atom. The Morgan fingerprint density at radius 2 is 2.23 bits per heavy atom. The van der Waals surface area contributed by atoms with Crippen molar-refractivity contribution in [1.29, 1.82) is 0 Å². The van der Waals surface area contributed by atoms with Crippen LogP contribution in [0.25, 0.3) is 0 Å². The van der Waals surface area contributed by atoms with Crippen molar-refractivity contribution in [2.75, 3.05) is 20.2 Å². The zero-order chi connectivity index (χ0) is 9.84.